The molecule has 0 saturated heterocycles. The number of nitrogens with zero attached hydrogens (tertiary/aromatic N) is 3. The number of pyridine rings is 1. The molecule has 2 aromatic heterocycles. The molecule has 0 saturated carbocycles. The second-order valence-electron chi connectivity index (χ2n) is 4.42. The second-order valence-corrected chi connectivity index (χ2v) is 5.34. The summed E-state index contributed by atoms with van der Waals surface area (Å²) in [5, 5.41) is 7.75. The summed E-state index contributed by atoms with van der Waals surface area (Å²) >= 11 is 3.43. The minimum absolute atomic E-state index is 0.276. The fourth-order valence-electron chi connectivity index (χ4n) is 1.87. The van der Waals surface area contributed by atoms with Gasteiger partial charge in [0.1, 0.15) is 0 Å². The van der Waals surface area contributed by atoms with Gasteiger partial charge in [-0.25, -0.2) is 0 Å². The molecular formula is C13H17BrN4. The molecule has 96 valence electrons. The molecule has 0 spiro atoms. The van der Waals surface area contributed by atoms with E-state index in [4.69, 9.17) is 0 Å². The smallest absolute Gasteiger partial charge is 0.0540 e. The highest BCUT2D eigenvalue weighted by Gasteiger charge is 2.11. The molecule has 0 aliphatic heterocycles. The molecule has 2 heterocycles. The molecule has 2 aromatic rings. The molecule has 0 fully saturated rings. The van der Waals surface area contributed by atoms with Crippen LogP contribution in [0, 0.1) is 6.92 Å². The number of aryl methyl sites for hydroxylation is 1. The fraction of sp³-hybridized carbons (Fsp3) is 0.385. The van der Waals surface area contributed by atoms with E-state index in [9.17, 15) is 0 Å². The first-order valence-corrected chi connectivity index (χ1v) is 6.68. The lowest BCUT2D eigenvalue weighted by molar-refractivity contribution is 0.569. The molecule has 0 amide bonds. The Hall–Kier alpha value is -1.20. The fourth-order valence-corrected chi connectivity index (χ4v) is 2.29. The van der Waals surface area contributed by atoms with Crippen molar-refractivity contribution in [3.63, 3.8) is 0 Å². The van der Waals surface area contributed by atoms with E-state index in [-0.39, 0.29) is 6.04 Å². The molecule has 0 aromatic carbocycles. The van der Waals surface area contributed by atoms with Crippen LogP contribution in [-0.4, -0.2) is 14.8 Å². The maximum absolute atomic E-state index is 4.26. The first kappa shape index (κ1) is 13.2. The van der Waals surface area contributed by atoms with Crippen LogP contribution < -0.4 is 5.32 Å². The number of nitrogens with one attached hydrogen (secondary N) is 1. The summed E-state index contributed by atoms with van der Waals surface area (Å²) in [5.41, 5.74) is 3.60. The van der Waals surface area contributed by atoms with Crippen LogP contribution in [0.1, 0.15) is 29.8 Å². The van der Waals surface area contributed by atoms with Crippen molar-refractivity contribution in [1.82, 2.24) is 20.1 Å². The van der Waals surface area contributed by atoms with Crippen LogP contribution in [0.5, 0.6) is 0 Å². The maximum Gasteiger partial charge on any atom is 0.0540 e. The Morgan fingerprint density at radius 3 is 2.78 bits per heavy atom. The van der Waals surface area contributed by atoms with E-state index in [1.165, 1.54) is 11.3 Å². The number of rotatable bonds is 4. The number of hydrogen-bond donors (Lipinski definition) is 1. The Labute approximate surface area is 116 Å². The van der Waals surface area contributed by atoms with Gasteiger partial charge in [0, 0.05) is 47.8 Å². The van der Waals surface area contributed by atoms with E-state index in [1.807, 2.05) is 24.1 Å². The largest absolute Gasteiger partial charge is 0.306 e. The second kappa shape index (κ2) is 5.63. The lowest BCUT2D eigenvalue weighted by Gasteiger charge is -2.13. The Bertz CT molecular complexity index is 536. The van der Waals surface area contributed by atoms with Crippen molar-refractivity contribution >= 4 is 15.9 Å². The summed E-state index contributed by atoms with van der Waals surface area (Å²) in [6.45, 7) is 5.03. The lowest BCUT2D eigenvalue weighted by Crippen LogP contribution is -2.18. The molecule has 0 aliphatic rings. The molecular weight excluding hydrogens is 292 g/mol. The van der Waals surface area contributed by atoms with Crippen LogP contribution in [0.4, 0.5) is 0 Å². The van der Waals surface area contributed by atoms with Gasteiger partial charge in [-0.2, -0.15) is 5.10 Å². The van der Waals surface area contributed by atoms with Crippen molar-refractivity contribution in [2.24, 2.45) is 7.05 Å². The third-order valence-corrected chi connectivity index (χ3v) is 3.55. The van der Waals surface area contributed by atoms with Gasteiger partial charge in [-0.3, -0.25) is 9.67 Å². The van der Waals surface area contributed by atoms with E-state index in [1.54, 1.807) is 6.20 Å². The van der Waals surface area contributed by atoms with E-state index in [0.717, 1.165) is 16.6 Å². The quantitative estimate of drug-likeness (QED) is 0.944. The van der Waals surface area contributed by atoms with Crippen molar-refractivity contribution in [2.75, 3.05) is 0 Å². The molecule has 0 bridgehead atoms. The molecule has 2 rings (SSSR count). The lowest BCUT2D eigenvalue weighted by atomic mass is 10.1. The van der Waals surface area contributed by atoms with Gasteiger partial charge in [-0.1, -0.05) is 0 Å². The van der Waals surface area contributed by atoms with Gasteiger partial charge in [0.15, 0.2) is 0 Å². The monoisotopic (exact) mass is 308 g/mol. The number of aromatic nitrogens is 3. The standard InChI is InChI=1S/C13H17BrN4/c1-9(13-8-17-18(3)10(13)2)16-6-11-4-12(14)7-15-5-11/h4-5,7-9,16H,6H2,1-3H3. The van der Waals surface area contributed by atoms with Gasteiger partial charge in [0.2, 0.25) is 0 Å². The Morgan fingerprint density at radius 1 is 1.39 bits per heavy atom. The molecule has 1 N–H and O–H groups in total. The average molecular weight is 309 g/mol. The first-order valence-electron chi connectivity index (χ1n) is 5.89. The molecule has 0 aliphatic carbocycles. The topological polar surface area (TPSA) is 42.7 Å². The van der Waals surface area contributed by atoms with Gasteiger partial charge in [-0.05, 0) is 41.4 Å². The van der Waals surface area contributed by atoms with Crippen molar-refractivity contribution in [2.45, 2.75) is 26.4 Å². The van der Waals surface area contributed by atoms with E-state index < -0.39 is 0 Å². The van der Waals surface area contributed by atoms with Crippen LogP contribution in [-0.2, 0) is 13.6 Å². The summed E-state index contributed by atoms with van der Waals surface area (Å²) in [4.78, 5) is 4.15. The van der Waals surface area contributed by atoms with Gasteiger partial charge in [0.25, 0.3) is 0 Å². The third kappa shape index (κ3) is 2.97. The van der Waals surface area contributed by atoms with Gasteiger partial charge in [-0.15, -0.1) is 0 Å². The number of hydrogen-bond acceptors (Lipinski definition) is 3. The van der Waals surface area contributed by atoms with E-state index >= 15 is 0 Å². The number of halogens is 1. The summed E-state index contributed by atoms with van der Waals surface area (Å²) in [6, 6.07) is 2.35. The summed E-state index contributed by atoms with van der Waals surface area (Å²) in [6.07, 6.45) is 5.59. The molecule has 18 heavy (non-hydrogen) atoms. The zero-order chi connectivity index (χ0) is 13.1. The minimum atomic E-state index is 0.276. The van der Waals surface area contributed by atoms with Gasteiger partial charge < -0.3 is 5.32 Å². The van der Waals surface area contributed by atoms with E-state index in [0.29, 0.717) is 0 Å². The Balaban J connectivity index is 2.00. The zero-order valence-electron chi connectivity index (χ0n) is 10.8. The van der Waals surface area contributed by atoms with Crippen molar-refractivity contribution in [3.05, 3.63) is 46.0 Å². The SMILES string of the molecule is Cc1c(C(C)NCc2cncc(Br)c2)cnn1C. The Morgan fingerprint density at radius 2 is 2.17 bits per heavy atom. The van der Waals surface area contributed by atoms with Crippen LogP contribution in [0.25, 0.3) is 0 Å². The zero-order valence-corrected chi connectivity index (χ0v) is 12.4. The van der Waals surface area contributed by atoms with Crippen LogP contribution in [0.3, 0.4) is 0 Å². The van der Waals surface area contributed by atoms with Crippen LogP contribution in [0.2, 0.25) is 0 Å². The minimum Gasteiger partial charge on any atom is -0.306 e. The molecule has 5 heteroatoms. The Kier molecular flexibility index (Phi) is 4.14. The maximum atomic E-state index is 4.26. The van der Waals surface area contributed by atoms with Crippen molar-refractivity contribution in [3.8, 4) is 0 Å². The molecule has 4 nitrogen and oxygen atoms in total. The highest BCUT2D eigenvalue weighted by molar-refractivity contribution is 9.10. The van der Waals surface area contributed by atoms with Crippen molar-refractivity contribution < 1.29 is 0 Å². The van der Waals surface area contributed by atoms with Gasteiger partial charge >= 0.3 is 0 Å². The third-order valence-electron chi connectivity index (χ3n) is 3.11. The molecule has 1 unspecified atom stereocenters. The predicted octanol–water partition coefficient (Wildman–Crippen LogP) is 2.74. The summed E-state index contributed by atoms with van der Waals surface area (Å²) in [5.74, 6) is 0. The predicted molar refractivity (Wildman–Crippen MR) is 75.1 cm³/mol. The molecule has 1 atom stereocenters. The van der Waals surface area contributed by atoms with Crippen LogP contribution in [0.15, 0.2) is 29.1 Å². The van der Waals surface area contributed by atoms with E-state index in [2.05, 4.69) is 51.2 Å². The van der Waals surface area contributed by atoms with Gasteiger partial charge in [0.05, 0.1) is 6.20 Å². The first-order chi connectivity index (χ1) is 8.58. The normalized spacial score (nSPS) is 12.7. The highest BCUT2D eigenvalue weighted by Crippen LogP contribution is 2.17. The highest BCUT2D eigenvalue weighted by atomic mass is 79.9. The molecule has 0 radical (unpaired) electrons. The average Bonchev–Trinajstić information content (AvgIpc) is 2.67. The summed E-state index contributed by atoms with van der Waals surface area (Å²) < 4.78 is 2.90. The van der Waals surface area contributed by atoms with Crippen LogP contribution >= 0.6 is 15.9 Å². The summed E-state index contributed by atoms with van der Waals surface area (Å²) in [7, 11) is 1.96. The van der Waals surface area contributed by atoms with Crippen molar-refractivity contribution in [1.29, 1.82) is 0 Å².